The van der Waals surface area contributed by atoms with E-state index in [2.05, 4.69) is 20.5 Å². The van der Waals surface area contributed by atoms with Crippen molar-refractivity contribution in [2.24, 2.45) is 0 Å². The molecule has 11 heteroatoms. The number of aliphatic hydroxyl groups is 1. The number of rotatable bonds is 4. The lowest BCUT2D eigenvalue weighted by atomic mass is 10.2. The topological polar surface area (TPSA) is 105 Å². The van der Waals surface area contributed by atoms with E-state index in [1.807, 2.05) is 0 Å². The number of β-amino-alcohol motifs (C(OH)–C–C–N with tert-alkyl or cyclic N) is 1. The van der Waals surface area contributed by atoms with E-state index in [1.54, 1.807) is 0 Å². The van der Waals surface area contributed by atoms with Gasteiger partial charge in [0.25, 0.3) is 11.8 Å². The number of carbonyl (C=O) groups excluding carboxylic acids is 2. The summed E-state index contributed by atoms with van der Waals surface area (Å²) in [5, 5.41) is 18.8. The van der Waals surface area contributed by atoms with Crippen LogP contribution in [0.4, 0.5) is 13.2 Å². The molecule has 3 rings (SSSR count). The summed E-state index contributed by atoms with van der Waals surface area (Å²) in [7, 11) is 0. The normalized spacial score (nSPS) is 16.9. The molecule has 0 bridgehead atoms. The maximum atomic E-state index is 12.2. The number of halogens is 3. The Morgan fingerprint density at radius 2 is 2.07 bits per heavy atom. The minimum atomic E-state index is -4.77. The lowest BCUT2D eigenvalue weighted by molar-refractivity contribution is -0.274. The van der Waals surface area contributed by atoms with Gasteiger partial charge in [0.05, 0.1) is 12.6 Å². The Kier molecular flexibility index (Phi) is 5.04. The number of ether oxygens (including phenoxy) is 1. The van der Waals surface area contributed by atoms with Crippen LogP contribution in [0.15, 0.2) is 30.3 Å². The van der Waals surface area contributed by atoms with Gasteiger partial charge in [-0.05, 0) is 17.7 Å². The summed E-state index contributed by atoms with van der Waals surface area (Å²) in [6.07, 6.45) is -5.59. The van der Waals surface area contributed by atoms with Crippen LogP contribution < -0.4 is 15.4 Å². The van der Waals surface area contributed by atoms with E-state index in [0.717, 1.165) is 12.1 Å². The molecule has 0 saturated carbocycles. The maximum absolute atomic E-state index is 12.2. The highest BCUT2D eigenvalue weighted by molar-refractivity contribution is 5.98. The van der Waals surface area contributed by atoms with Gasteiger partial charge in [-0.25, -0.2) is 0 Å². The molecule has 1 atom stereocenters. The van der Waals surface area contributed by atoms with Crippen molar-refractivity contribution in [1.82, 2.24) is 20.4 Å². The molecule has 1 aromatic heterocycles. The highest BCUT2D eigenvalue weighted by Crippen LogP contribution is 2.22. The van der Waals surface area contributed by atoms with Crippen molar-refractivity contribution in [3.05, 3.63) is 47.3 Å². The van der Waals surface area contributed by atoms with Crippen LogP contribution in [-0.4, -0.2) is 45.7 Å². The number of carbonyl (C=O) groups is 2. The average Bonchev–Trinajstić information content (AvgIpc) is 2.96. The lowest BCUT2D eigenvalue weighted by Crippen LogP contribution is -2.30. The van der Waals surface area contributed by atoms with Gasteiger partial charge in [-0.1, -0.05) is 12.1 Å². The molecule has 0 spiro atoms. The SMILES string of the molecule is O=C(NCc1ccc(OC(F)(F)F)cc1)c1cc2n(n1)CC(O)CNC2=O. The molecule has 27 heavy (non-hydrogen) atoms. The summed E-state index contributed by atoms with van der Waals surface area (Å²) >= 11 is 0. The first kappa shape index (κ1) is 18.7. The van der Waals surface area contributed by atoms with Crippen molar-refractivity contribution in [2.45, 2.75) is 25.6 Å². The van der Waals surface area contributed by atoms with Gasteiger partial charge in [0.2, 0.25) is 0 Å². The summed E-state index contributed by atoms with van der Waals surface area (Å²) in [5.74, 6) is -1.37. The lowest BCUT2D eigenvalue weighted by Gasteiger charge is -2.09. The Hall–Kier alpha value is -3.08. The fourth-order valence-corrected chi connectivity index (χ4v) is 2.50. The number of hydrogen-bond donors (Lipinski definition) is 3. The van der Waals surface area contributed by atoms with Gasteiger partial charge in [-0.2, -0.15) is 5.10 Å². The van der Waals surface area contributed by atoms with Crippen LogP contribution in [0, 0.1) is 0 Å². The van der Waals surface area contributed by atoms with E-state index in [4.69, 9.17) is 0 Å². The van der Waals surface area contributed by atoms with Crippen LogP contribution in [0.2, 0.25) is 0 Å². The summed E-state index contributed by atoms with van der Waals surface area (Å²) in [6, 6.07) is 6.35. The molecule has 1 aliphatic rings. The molecule has 1 aromatic carbocycles. The first-order valence-electron chi connectivity index (χ1n) is 7.88. The van der Waals surface area contributed by atoms with Gasteiger partial charge in [-0.3, -0.25) is 14.3 Å². The van der Waals surface area contributed by atoms with E-state index in [-0.39, 0.29) is 36.8 Å². The quantitative estimate of drug-likeness (QED) is 0.724. The number of aromatic nitrogens is 2. The number of hydrogen-bond acceptors (Lipinski definition) is 5. The smallest absolute Gasteiger partial charge is 0.406 e. The molecule has 2 amide bonds. The number of fused-ring (bicyclic) bond motifs is 1. The van der Waals surface area contributed by atoms with Crippen LogP contribution in [0.3, 0.4) is 0 Å². The average molecular weight is 384 g/mol. The van der Waals surface area contributed by atoms with Crippen LogP contribution in [0.1, 0.15) is 26.5 Å². The Bertz CT molecular complexity index is 848. The number of alkyl halides is 3. The van der Waals surface area contributed by atoms with Crippen LogP contribution in [0.5, 0.6) is 5.75 Å². The molecule has 1 unspecified atom stereocenters. The third-order valence-corrected chi connectivity index (χ3v) is 3.74. The highest BCUT2D eigenvalue weighted by atomic mass is 19.4. The van der Waals surface area contributed by atoms with Gasteiger partial charge in [0.1, 0.15) is 11.4 Å². The maximum Gasteiger partial charge on any atom is 0.573 e. The van der Waals surface area contributed by atoms with Crippen LogP contribution in [0.25, 0.3) is 0 Å². The molecule has 0 aliphatic carbocycles. The second kappa shape index (κ2) is 7.27. The Morgan fingerprint density at radius 1 is 1.37 bits per heavy atom. The second-order valence-electron chi connectivity index (χ2n) is 5.84. The molecule has 144 valence electrons. The van der Waals surface area contributed by atoms with Crippen molar-refractivity contribution >= 4 is 11.8 Å². The minimum Gasteiger partial charge on any atom is -0.406 e. The van der Waals surface area contributed by atoms with E-state index in [1.165, 1.54) is 22.9 Å². The van der Waals surface area contributed by atoms with E-state index in [0.29, 0.717) is 5.56 Å². The Balaban J connectivity index is 1.62. The number of nitrogens with zero attached hydrogens (tertiary/aromatic N) is 2. The molecule has 2 heterocycles. The molecule has 0 radical (unpaired) electrons. The van der Waals surface area contributed by atoms with E-state index >= 15 is 0 Å². The van der Waals surface area contributed by atoms with Gasteiger partial charge in [-0.15, -0.1) is 13.2 Å². The monoisotopic (exact) mass is 384 g/mol. The molecule has 3 N–H and O–H groups in total. The number of nitrogens with one attached hydrogen (secondary N) is 2. The number of aliphatic hydroxyl groups excluding tert-OH is 1. The fraction of sp³-hybridized carbons (Fsp3) is 0.312. The minimum absolute atomic E-state index is 0.00808. The molecule has 1 aliphatic heterocycles. The van der Waals surface area contributed by atoms with Gasteiger partial charge in [0, 0.05) is 19.2 Å². The first-order valence-corrected chi connectivity index (χ1v) is 7.88. The van der Waals surface area contributed by atoms with Crippen LogP contribution in [-0.2, 0) is 13.1 Å². The molecule has 2 aromatic rings. The standard InChI is InChI=1S/C16H15F3N4O4/c17-16(18,19)27-11-3-1-9(2-4-11)6-20-14(25)12-5-13-15(26)21-7-10(24)8-23(13)22-12/h1-5,10,24H,6-8H2,(H,20,25)(H,21,26). The first-order chi connectivity index (χ1) is 12.7. The zero-order chi connectivity index (χ0) is 19.6. The Labute approximate surface area is 150 Å². The van der Waals surface area contributed by atoms with Crippen molar-refractivity contribution in [3.63, 3.8) is 0 Å². The predicted octanol–water partition coefficient (Wildman–Crippen LogP) is 0.816. The molecule has 0 saturated heterocycles. The molecule has 8 nitrogen and oxygen atoms in total. The van der Waals surface area contributed by atoms with Gasteiger partial charge in [0.15, 0.2) is 5.69 Å². The predicted molar refractivity (Wildman–Crippen MR) is 84.9 cm³/mol. The zero-order valence-electron chi connectivity index (χ0n) is 13.8. The molecule has 0 fully saturated rings. The summed E-state index contributed by atoms with van der Waals surface area (Å²) < 4.78 is 41.4. The summed E-state index contributed by atoms with van der Waals surface area (Å²) in [4.78, 5) is 24.1. The van der Waals surface area contributed by atoms with E-state index in [9.17, 15) is 27.9 Å². The van der Waals surface area contributed by atoms with Gasteiger partial charge >= 0.3 is 6.36 Å². The van der Waals surface area contributed by atoms with Crippen molar-refractivity contribution < 1.29 is 32.6 Å². The second-order valence-corrected chi connectivity index (χ2v) is 5.84. The van der Waals surface area contributed by atoms with Crippen molar-refractivity contribution in [1.29, 1.82) is 0 Å². The highest BCUT2D eigenvalue weighted by Gasteiger charge is 2.31. The van der Waals surface area contributed by atoms with Crippen molar-refractivity contribution in [3.8, 4) is 5.75 Å². The fourth-order valence-electron chi connectivity index (χ4n) is 2.50. The summed E-state index contributed by atoms with van der Waals surface area (Å²) in [5.41, 5.74) is 0.698. The Morgan fingerprint density at radius 3 is 2.74 bits per heavy atom. The van der Waals surface area contributed by atoms with E-state index < -0.39 is 24.3 Å². The third-order valence-electron chi connectivity index (χ3n) is 3.74. The van der Waals surface area contributed by atoms with Gasteiger partial charge < -0.3 is 20.5 Å². The van der Waals surface area contributed by atoms with Crippen LogP contribution >= 0.6 is 0 Å². The molecular weight excluding hydrogens is 369 g/mol. The number of benzene rings is 1. The third kappa shape index (κ3) is 4.76. The summed E-state index contributed by atoms with van der Waals surface area (Å²) in [6.45, 7) is 0.210. The largest absolute Gasteiger partial charge is 0.573 e. The van der Waals surface area contributed by atoms with Crippen molar-refractivity contribution in [2.75, 3.05) is 6.54 Å². The molecular formula is C16H15F3N4O4. The zero-order valence-corrected chi connectivity index (χ0v) is 13.8. The number of amides is 2.